The van der Waals surface area contributed by atoms with Gasteiger partial charge < -0.3 is 14.7 Å². The average molecular weight is 448 g/mol. The number of sulfone groups is 1. The van der Waals surface area contributed by atoms with Crippen molar-refractivity contribution in [3.63, 3.8) is 0 Å². The van der Waals surface area contributed by atoms with E-state index in [1.54, 1.807) is 20.8 Å². The third-order valence-corrected chi connectivity index (χ3v) is 7.09. The minimum absolute atomic E-state index is 0.0694. The molecule has 0 saturated carbocycles. The maximum Gasteiger partial charge on any atom is 0.410 e. The smallest absolute Gasteiger partial charge is 0.410 e. The summed E-state index contributed by atoms with van der Waals surface area (Å²) in [4.78, 5) is 25.5. The van der Waals surface area contributed by atoms with Crippen LogP contribution in [0.3, 0.4) is 0 Å². The summed E-state index contributed by atoms with van der Waals surface area (Å²) in [6.07, 6.45) is -0.532. The van der Waals surface area contributed by atoms with Gasteiger partial charge in [-0.05, 0) is 57.9 Å². The fourth-order valence-corrected chi connectivity index (χ4v) is 5.03. The minimum atomic E-state index is -4.22. The van der Waals surface area contributed by atoms with Crippen molar-refractivity contribution in [2.45, 2.75) is 48.9 Å². The maximum atomic E-state index is 13.1. The van der Waals surface area contributed by atoms with Crippen molar-refractivity contribution in [3.05, 3.63) is 28.7 Å². The number of halogens is 1. The molecule has 1 saturated heterocycles. The third-order valence-electron chi connectivity index (χ3n) is 4.13. The molecule has 1 fully saturated rings. The molecule has 1 N–H and O–H groups in total. The highest BCUT2D eigenvalue weighted by molar-refractivity contribution is 9.10. The Labute approximate surface area is 161 Å². The van der Waals surface area contributed by atoms with Gasteiger partial charge in [-0.15, -0.1) is 0 Å². The molecule has 1 atom stereocenters. The molecule has 0 spiro atoms. The van der Waals surface area contributed by atoms with Crippen LogP contribution in [0.25, 0.3) is 0 Å². The topological polar surface area (TPSA) is 101 Å². The molecule has 0 aromatic heterocycles. The summed E-state index contributed by atoms with van der Waals surface area (Å²) in [5.41, 5.74) is -0.759. The second-order valence-corrected chi connectivity index (χ2v) is 10.4. The van der Waals surface area contributed by atoms with Crippen molar-refractivity contribution in [2.75, 3.05) is 13.1 Å². The molecule has 0 unspecified atom stereocenters. The quantitative estimate of drug-likeness (QED) is 0.763. The number of carbonyl (C=O) groups is 2. The predicted octanol–water partition coefficient (Wildman–Crippen LogP) is 3.08. The van der Waals surface area contributed by atoms with Crippen molar-refractivity contribution in [2.24, 2.45) is 0 Å². The lowest BCUT2D eigenvalue weighted by molar-refractivity contribution is -0.141. The largest absolute Gasteiger partial charge is 0.480 e. The molecule has 0 aliphatic carbocycles. The molecular weight excluding hydrogens is 426 g/mol. The lowest BCUT2D eigenvalue weighted by Gasteiger charge is -2.39. The number of hydrogen-bond donors (Lipinski definition) is 1. The molecule has 1 aromatic carbocycles. The van der Waals surface area contributed by atoms with Crippen LogP contribution in [0.1, 0.15) is 33.6 Å². The maximum absolute atomic E-state index is 13.1. The van der Waals surface area contributed by atoms with E-state index in [2.05, 4.69) is 15.9 Å². The van der Waals surface area contributed by atoms with Gasteiger partial charge in [0.15, 0.2) is 14.6 Å². The molecule has 1 amide bonds. The van der Waals surface area contributed by atoms with Crippen LogP contribution >= 0.6 is 15.9 Å². The van der Waals surface area contributed by atoms with Crippen LogP contribution in [0.2, 0.25) is 0 Å². The monoisotopic (exact) mass is 447 g/mol. The van der Waals surface area contributed by atoms with Gasteiger partial charge in [-0.1, -0.05) is 15.9 Å². The first-order valence-corrected chi connectivity index (χ1v) is 10.4. The van der Waals surface area contributed by atoms with E-state index in [1.165, 1.54) is 29.2 Å². The van der Waals surface area contributed by atoms with E-state index < -0.39 is 38.8 Å². The molecule has 1 aromatic rings. The molecule has 1 aliphatic heterocycles. The lowest BCUT2D eigenvalue weighted by Crippen LogP contribution is -2.59. The summed E-state index contributed by atoms with van der Waals surface area (Å²) < 4.78 is 30.1. The van der Waals surface area contributed by atoms with E-state index >= 15 is 0 Å². The van der Waals surface area contributed by atoms with Gasteiger partial charge in [0.2, 0.25) is 0 Å². The molecule has 9 heteroatoms. The summed E-state index contributed by atoms with van der Waals surface area (Å²) in [6.45, 7) is 4.88. The number of hydrogen-bond acceptors (Lipinski definition) is 5. The summed E-state index contributed by atoms with van der Waals surface area (Å²) in [5.74, 6) is -1.46. The van der Waals surface area contributed by atoms with Crippen molar-refractivity contribution in [1.82, 2.24) is 4.90 Å². The van der Waals surface area contributed by atoms with Crippen LogP contribution in [0.15, 0.2) is 33.6 Å². The Hall–Kier alpha value is -1.61. The summed E-state index contributed by atoms with van der Waals surface area (Å²) in [7, 11) is -4.22. The van der Waals surface area contributed by atoms with Crippen LogP contribution in [-0.2, 0) is 19.4 Å². The molecular formula is C17H22BrNO6S. The Morgan fingerprint density at radius 3 is 2.31 bits per heavy atom. The number of carbonyl (C=O) groups excluding carboxylic acids is 1. The molecule has 26 heavy (non-hydrogen) atoms. The number of carboxylic acids is 1. The minimum Gasteiger partial charge on any atom is -0.480 e. The fourth-order valence-electron chi connectivity index (χ4n) is 2.85. The van der Waals surface area contributed by atoms with Crippen molar-refractivity contribution < 1.29 is 27.9 Å². The third kappa shape index (κ3) is 4.03. The highest BCUT2D eigenvalue weighted by Gasteiger charge is 2.55. The lowest BCUT2D eigenvalue weighted by atomic mass is 9.97. The molecule has 1 heterocycles. The number of aliphatic carboxylic acids is 1. The summed E-state index contributed by atoms with van der Waals surface area (Å²) in [5, 5.41) is 9.81. The van der Waals surface area contributed by atoms with Crippen molar-refractivity contribution >= 4 is 37.8 Å². The number of ether oxygens (including phenoxy) is 1. The van der Waals surface area contributed by atoms with Gasteiger partial charge in [0, 0.05) is 11.0 Å². The zero-order chi connectivity index (χ0) is 19.8. The van der Waals surface area contributed by atoms with Crippen LogP contribution in [-0.4, -0.2) is 53.9 Å². The van der Waals surface area contributed by atoms with Crippen LogP contribution in [0.4, 0.5) is 4.79 Å². The second kappa shape index (κ2) is 7.19. The first-order valence-electron chi connectivity index (χ1n) is 8.11. The zero-order valence-corrected chi connectivity index (χ0v) is 17.3. The van der Waals surface area contributed by atoms with E-state index in [4.69, 9.17) is 4.74 Å². The first-order chi connectivity index (χ1) is 11.9. The first kappa shape index (κ1) is 20.7. The summed E-state index contributed by atoms with van der Waals surface area (Å²) in [6, 6.07) is 5.79. The highest BCUT2D eigenvalue weighted by atomic mass is 79.9. The Balaban J connectivity index is 2.41. The molecule has 0 radical (unpaired) electrons. The molecule has 0 bridgehead atoms. The van der Waals surface area contributed by atoms with Crippen LogP contribution in [0, 0.1) is 0 Å². The van der Waals surface area contributed by atoms with Gasteiger partial charge in [-0.25, -0.2) is 13.2 Å². The zero-order valence-electron chi connectivity index (χ0n) is 14.9. The number of piperidine rings is 1. The average Bonchev–Trinajstić information content (AvgIpc) is 2.53. The Bertz CT molecular complexity index is 800. The number of nitrogens with zero attached hydrogens (tertiary/aromatic N) is 1. The van der Waals surface area contributed by atoms with Crippen molar-refractivity contribution in [3.8, 4) is 0 Å². The Morgan fingerprint density at radius 1 is 1.23 bits per heavy atom. The van der Waals surface area contributed by atoms with Crippen LogP contribution < -0.4 is 0 Å². The number of carboxylic acid groups (broad SMARTS) is 1. The van der Waals surface area contributed by atoms with E-state index in [0.717, 1.165) is 0 Å². The number of rotatable bonds is 3. The van der Waals surface area contributed by atoms with Gasteiger partial charge >= 0.3 is 12.1 Å². The van der Waals surface area contributed by atoms with Gasteiger partial charge in [0.25, 0.3) is 0 Å². The van der Waals surface area contributed by atoms with E-state index in [-0.39, 0.29) is 24.3 Å². The Kier molecular flexibility index (Phi) is 5.72. The van der Waals surface area contributed by atoms with Gasteiger partial charge in [-0.3, -0.25) is 4.79 Å². The van der Waals surface area contributed by atoms with Crippen molar-refractivity contribution in [1.29, 1.82) is 0 Å². The standard InChI is InChI=1S/C17H22BrNO6S/c1-16(2,3)25-15(22)19-10-4-9-17(11-19,14(20)21)26(23,24)13-7-5-12(18)6-8-13/h5-8H,4,9-11H2,1-3H3,(H,20,21)/t17-/m0/s1. The molecule has 1 aliphatic rings. The predicted molar refractivity (Wildman–Crippen MR) is 98.7 cm³/mol. The number of likely N-dealkylation sites (tertiary alicyclic amines) is 1. The molecule has 7 nitrogen and oxygen atoms in total. The van der Waals surface area contributed by atoms with E-state index in [9.17, 15) is 23.1 Å². The SMILES string of the molecule is CC(C)(C)OC(=O)N1CCC[C@](C(=O)O)(S(=O)(=O)c2ccc(Br)cc2)C1. The number of benzene rings is 1. The van der Waals surface area contributed by atoms with E-state index in [0.29, 0.717) is 4.47 Å². The van der Waals surface area contributed by atoms with Crippen LogP contribution in [0.5, 0.6) is 0 Å². The number of amides is 1. The van der Waals surface area contributed by atoms with E-state index in [1.807, 2.05) is 0 Å². The highest BCUT2D eigenvalue weighted by Crippen LogP contribution is 2.35. The second-order valence-electron chi connectivity index (χ2n) is 7.26. The summed E-state index contributed by atoms with van der Waals surface area (Å²) >= 11 is 3.23. The molecule has 2 rings (SSSR count). The Morgan fingerprint density at radius 2 is 1.81 bits per heavy atom. The molecule has 144 valence electrons. The van der Waals surface area contributed by atoms with Gasteiger partial charge in [-0.2, -0.15) is 0 Å². The fraction of sp³-hybridized carbons (Fsp3) is 0.529. The van der Waals surface area contributed by atoms with Gasteiger partial charge in [0.05, 0.1) is 11.4 Å². The normalized spacial score (nSPS) is 21.3. The van der Waals surface area contributed by atoms with Gasteiger partial charge in [0.1, 0.15) is 5.60 Å².